The number of benzene rings is 1. The van der Waals surface area contributed by atoms with Crippen LogP contribution in [0, 0.1) is 17.8 Å². The molecule has 0 saturated carbocycles. The number of amides is 4. The fourth-order valence-corrected chi connectivity index (χ4v) is 9.61. The highest BCUT2D eigenvalue weighted by Crippen LogP contribution is 2.40. The molecular formula is C46H74N6O12. The summed E-state index contributed by atoms with van der Waals surface area (Å²) in [7, 11) is 5.05. The van der Waals surface area contributed by atoms with Crippen LogP contribution in [0.4, 0.5) is 0 Å². The Morgan fingerprint density at radius 2 is 1.61 bits per heavy atom. The maximum atomic E-state index is 14.3. The van der Waals surface area contributed by atoms with E-state index in [-0.39, 0.29) is 62.4 Å². The first kappa shape index (κ1) is 51.1. The van der Waals surface area contributed by atoms with Crippen molar-refractivity contribution in [3.8, 4) is 0 Å². The zero-order valence-corrected chi connectivity index (χ0v) is 39.7. The molecule has 4 heterocycles. The largest absolute Gasteiger partial charge is 0.454 e. The van der Waals surface area contributed by atoms with Gasteiger partial charge in [0.2, 0.25) is 23.6 Å². The van der Waals surface area contributed by atoms with E-state index in [4.69, 9.17) is 33.4 Å². The average molecular weight is 903 g/mol. The van der Waals surface area contributed by atoms with Crippen molar-refractivity contribution in [2.45, 2.75) is 167 Å². The van der Waals surface area contributed by atoms with Gasteiger partial charge in [-0.2, -0.15) is 0 Å². The summed E-state index contributed by atoms with van der Waals surface area (Å²) < 4.78 is 38.7. The maximum absolute atomic E-state index is 14.3. The second-order valence-corrected chi connectivity index (χ2v) is 19.2. The minimum Gasteiger partial charge on any atom is -0.454 e. The molecular weight excluding hydrogens is 829 g/mol. The smallest absolute Gasteiger partial charge is 0.288 e. The fourth-order valence-electron chi connectivity index (χ4n) is 9.61. The molecule has 4 aliphatic heterocycles. The van der Waals surface area contributed by atoms with Gasteiger partial charge in [0.1, 0.15) is 12.1 Å². The number of ether oxygens (including phenoxy) is 6. The van der Waals surface area contributed by atoms with Crippen LogP contribution in [-0.2, 0) is 54.0 Å². The molecule has 1 unspecified atom stereocenters. The van der Waals surface area contributed by atoms with Gasteiger partial charge in [-0.1, -0.05) is 51.1 Å². The Morgan fingerprint density at radius 3 is 2.27 bits per heavy atom. The minimum atomic E-state index is -1.65. The van der Waals surface area contributed by atoms with Crippen molar-refractivity contribution in [2.24, 2.45) is 22.7 Å². The van der Waals surface area contributed by atoms with Gasteiger partial charge in [0, 0.05) is 52.6 Å². The number of hydrogen-bond acceptors (Lipinski definition) is 13. The van der Waals surface area contributed by atoms with Crippen molar-refractivity contribution in [3.63, 3.8) is 0 Å². The number of aliphatic imine (C=N–C) groups is 1. The van der Waals surface area contributed by atoms with Crippen molar-refractivity contribution in [1.29, 1.82) is 0 Å². The van der Waals surface area contributed by atoms with E-state index in [1.54, 1.807) is 34.7 Å². The van der Waals surface area contributed by atoms with Crippen LogP contribution in [-0.4, -0.2) is 169 Å². The topological polar surface area (TPSA) is 219 Å². The molecule has 18 heteroatoms. The molecule has 5 rings (SSSR count). The van der Waals surface area contributed by atoms with Gasteiger partial charge in [0.25, 0.3) is 6.02 Å². The summed E-state index contributed by atoms with van der Waals surface area (Å²) in [6, 6.07) is 8.36. The van der Waals surface area contributed by atoms with E-state index in [1.807, 2.05) is 76.9 Å². The number of carbonyl (C=O) groups is 4. The van der Waals surface area contributed by atoms with Gasteiger partial charge in [-0.05, 0) is 65.9 Å². The van der Waals surface area contributed by atoms with Gasteiger partial charge < -0.3 is 64.4 Å². The van der Waals surface area contributed by atoms with Gasteiger partial charge in [-0.15, -0.1) is 0 Å². The highest BCUT2D eigenvalue weighted by molar-refractivity contribution is 5.92. The summed E-state index contributed by atoms with van der Waals surface area (Å²) in [5.41, 5.74) is -1.93. The first-order valence-corrected chi connectivity index (χ1v) is 22.7. The van der Waals surface area contributed by atoms with Gasteiger partial charge in [-0.3, -0.25) is 19.2 Å². The average Bonchev–Trinajstić information content (AvgIpc) is 3.53. The van der Waals surface area contributed by atoms with Crippen LogP contribution in [0.25, 0.3) is 0 Å². The molecule has 0 bridgehead atoms. The van der Waals surface area contributed by atoms with E-state index in [0.29, 0.717) is 12.4 Å². The van der Waals surface area contributed by atoms with Crippen LogP contribution in [0.15, 0.2) is 35.3 Å². The van der Waals surface area contributed by atoms with E-state index in [9.17, 15) is 29.4 Å². The Kier molecular flexibility index (Phi) is 17.2. The summed E-state index contributed by atoms with van der Waals surface area (Å²) in [6.45, 7) is 15.8. The molecule has 15 atom stereocenters. The summed E-state index contributed by atoms with van der Waals surface area (Å²) in [6.07, 6.45) is -5.68. The van der Waals surface area contributed by atoms with E-state index < -0.39 is 96.4 Å². The number of likely N-dealkylation sites (N-methyl/N-ethyl adjacent to an activating group) is 2. The molecule has 4 saturated heterocycles. The standard InChI is InChI=1S/C46H74N6O12/c1-25(2)49-44-52(11)33-18-27(4)60-43(38(33)63-44)64-40-28(5)37(62-36-21-46(9,59-12)39(55)30(7)61-36)29(6)41(56)47-22-34(53)50-32(19-31-16-14-13-15-17-31)42(57)48-23-35(54)51(10)24-26(3)20-45(40,8)58/h13-17,25-30,32-33,36-40,43,55,58H,18-24H2,1-12H3,(H,47,56)(H,48,57)(H,50,53)/b49-44+/t26-,27-,28+,29-,30+,32?,33+,36+,37-,38-,39+,40-,43+,45-,46-/m1/s1. The normalized spacial score (nSPS) is 39.5. The Morgan fingerprint density at radius 1 is 0.938 bits per heavy atom. The summed E-state index contributed by atoms with van der Waals surface area (Å²) in [5.74, 6) is -4.21. The monoisotopic (exact) mass is 903 g/mol. The van der Waals surface area contributed by atoms with Crippen LogP contribution in [0.3, 0.4) is 0 Å². The molecule has 360 valence electrons. The third-order valence-corrected chi connectivity index (χ3v) is 13.1. The predicted octanol–water partition coefficient (Wildman–Crippen LogP) is 1.74. The molecule has 5 N–H and O–H groups in total. The molecule has 1 aromatic carbocycles. The number of carbonyl (C=O) groups excluding carboxylic acids is 4. The molecule has 0 spiro atoms. The second-order valence-electron chi connectivity index (χ2n) is 19.2. The predicted molar refractivity (Wildman–Crippen MR) is 237 cm³/mol. The van der Waals surface area contributed by atoms with Gasteiger partial charge in [-0.25, -0.2) is 4.99 Å². The molecule has 0 aromatic heterocycles. The lowest BCUT2D eigenvalue weighted by atomic mass is 9.77. The minimum absolute atomic E-state index is 0.0388. The third kappa shape index (κ3) is 12.5. The van der Waals surface area contributed by atoms with E-state index in [2.05, 4.69) is 16.0 Å². The number of nitrogens with one attached hydrogen (secondary N) is 3. The Balaban J connectivity index is 1.54. The van der Waals surface area contributed by atoms with Crippen molar-refractivity contribution >= 4 is 29.7 Å². The lowest BCUT2D eigenvalue weighted by Crippen LogP contribution is -2.60. The van der Waals surface area contributed by atoms with Crippen molar-refractivity contribution in [3.05, 3.63) is 35.9 Å². The van der Waals surface area contributed by atoms with Crippen LogP contribution in [0.1, 0.15) is 87.1 Å². The van der Waals surface area contributed by atoms with E-state index in [0.717, 1.165) is 5.56 Å². The highest BCUT2D eigenvalue weighted by atomic mass is 16.7. The number of rotatable bonds is 8. The Bertz CT molecular complexity index is 1790. The molecule has 18 nitrogen and oxygen atoms in total. The van der Waals surface area contributed by atoms with E-state index >= 15 is 0 Å². The number of amidine groups is 1. The summed E-state index contributed by atoms with van der Waals surface area (Å²) >= 11 is 0. The molecule has 4 aliphatic rings. The van der Waals surface area contributed by atoms with Crippen molar-refractivity contribution in [1.82, 2.24) is 25.8 Å². The van der Waals surface area contributed by atoms with Gasteiger partial charge >= 0.3 is 0 Å². The lowest BCUT2D eigenvalue weighted by molar-refractivity contribution is -0.313. The quantitative estimate of drug-likeness (QED) is 0.252. The first-order valence-electron chi connectivity index (χ1n) is 22.7. The molecule has 1 aromatic rings. The number of hydrogen-bond donors (Lipinski definition) is 5. The lowest BCUT2D eigenvalue weighted by Gasteiger charge is -2.48. The number of nitrogens with zero attached hydrogens (tertiary/aromatic N) is 3. The number of fused-ring (bicyclic) bond motifs is 1. The zero-order valence-electron chi connectivity index (χ0n) is 39.7. The van der Waals surface area contributed by atoms with Crippen LogP contribution >= 0.6 is 0 Å². The van der Waals surface area contributed by atoms with Crippen molar-refractivity contribution < 1.29 is 57.8 Å². The SMILES string of the molecule is CO[C@]1(C)C[C@H](O[C@@H]2[C@H](C)[C@@H](O[C@@H]3O[C@H](C)C[C@H]4[C@H]3O/C(=N/C(C)C)N4C)[C@](C)(O)C[C@@H](C)CN(C)C(=O)CNC(=O)C(Cc3ccccc3)NC(=O)CNC(=O)[C@@H]2C)O[C@@H](C)[C@@H]1O. The van der Waals surface area contributed by atoms with Crippen LogP contribution < -0.4 is 16.0 Å². The summed E-state index contributed by atoms with van der Waals surface area (Å²) in [4.78, 5) is 63.1. The van der Waals surface area contributed by atoms with Gasteiger partial charge in [0.05, 0.1) is 60.7 Å². The number of aliphatic hydroxyl groups is 2. The maximum Gasteiger partial charge on any atom is 0.288 e. The Hall–Kier alpha value is -3.91. The first-order chi connectivity index (χ1) is 30.0. The molecule has 0 radical (unpaired) electrons. The molecule has 4 fully saturated rings. The number of aliphatic hydroxyl groups excluding tert-OH is 1. The molecule has 4 amide bonds. The molecule has 0 aliphatic carbocycles. The highest BCUT2D eigenvalue weighted by Gasteiger charge is 2.54. The fraction of sp³-hybridized carbons (Fsp3) is 0.761. The Labute approximate surface area is 378 Å². The zero-order chi connectivity index (χ0) is 47.3. The third-order valence-electron chi connectivity index (χ3n) is 13.1. The van der Waals surface area contributed by atoms with Crippen LogP contribution in [0.2, 0.25) is 0 Å². The van der Waals surface area contributed by atoms with Gasteiger partial charge in [0.15, 0.2) is 18.7 Å². The second kappa shape index (κ2) is 21.6. The van der Waals surface area contributed by atoms with Crippen molar-refractivity contribution in [2.75, 3.05) is 40.8 Å². The molecule has 64 heavy (non-hydrogen) atoms. The van der Waals surface area contributed by atoms with E-state index in [1.165, 1.54) is 12.0 Å². The van der Waals surface area contributed by atoms with Crippen LogP contribution in [0.5, 0.6) is 0 Å². The summed E-state index contributed by atoms with van der Waals surface area (Å²) in [5, 5.41) is 32.0. The number of methoxy groups -OCH3 is 1.